The molecule has 0 spiro atoms. The van der Waals surface area contributed by atoms with Crippen LogP contribution in [0.25, 0.3) is 16.9 Å². The molecule has 5 heteroatoms. The summed E-state index contributed by atoms with van der Waals surface area (Å²) in [6, 6.07) is 12.0. The maximum absolute atomic E-state index is 5.76. The number of benzene rings is 1. The topological polar surface area (TPSA) is 56.7 Å². The number of nitrogen functional groups attached to an aromatic ring is 1. The summed E-state index contributed by atoms with van der Waals surface area (Å²) in [7, 11) is 0. The SMILES string of the molecule is CSc1ccccc1-n1cncc1-c1ccnc(N)c1. The first-order valence-corrected chi connectivity index (χ1v) is 7.39. The van der Waals surface area contributed by atoms with Gasteiger partial charge < -0.3 is 5.73 Å². The highest BCUT2D eigenvalue weighted by Gasteiger charge is 2.10. The van der Waals surface area contributed by atoms with E-state index in [4.69, 9.17) is 5.73 Å². The normalized spacial score (nSPS) is 10.7. The van der Waals surface area contributed by atoms with Crippen LogP contribution in [0.2, 0.25) is 0 Å². The van der Waals surface area contributed by atoms with Crippen molar-refractivity contribution in [3.63, 3.8) is 0 Å². The van der Waals surface area contributed by atoms with Gasteiger partial charge in [-0.25, -0.2) is 9.97 Å². The molecule has 0 atom stereocenters. The number of nitrogens with zero attached hydrogens (tertiary/aromatic N) is 3. The highest BCUT2D eigenvalue weighted by Crippen LogP contribution is 2.28. The molecule has 1 aromatic carbocycles. The number of rotatable bonds is 3. The summed E-state index contributed by atoms with van der Waals surface area (Å²) in [4.78, 5) is 9.50. The molecule has 0 aliphatic rings. The van der Waals surface area contributed by atoms with Crippen LogP contribution < -0.4 is 5.73 Å². The second-order valence-corrected chi connectivity index (χ2v) is 5.14. The Labute approximate surface area is 121 Å². The van der Waals surface area contributed by atoms with Gasteiger partial charge in [-0.15, -0.1) is 11.8 Å². The summed E-state index contributed by atoms with van der Waals surface area (Å²) in [5.41, 5.74) is 8.88. The van der Waals surface area contributed by atoms with Crippen molar-refractivity contribution in [2.75, 3.05) is 12.0 Å². The quantitative estimate of drug-likeness (QED) is 0.749. The van der Waals surface area contributed by atoms with E-state index in [2.05, 4.69) is 32.9 Å². The van der Waals surface area contributed by atoms with Gasteiger partial charge in [-0.1, -0.05) is 12.1 Å². The molecule has 0 saturated heterocycles. The molecule has 3 aromatic rings. The number of hydrogen-bond acceptors (Lipinski definition) is 4. The van der Waals surface area contributed by atoms with Crippen LogP contribution in [0.3, 0.4) is 0 Å². The highest BCUT2D eigenvalue weighted by molar-refractivity contribution is 7.98. The smallest absolute Gasteiger partial charge is 0.123 e. The fraction of sp³-hybridized carbons (Fsp3) is 0.0667. The summed E-state index contributed by atoms with van der Waals surface area (Å²) in [5, 5.41) is 0. The fourth-order valence-corrected chi connectivity index (χ4v) is 2.73. The number of pyridine rings is 1. The number of thioether (sulfide) groups is 1. The monoisotopic (exact) mass is 282 g/mol. The third-order valence-corrected chi connectivity index (χ3v) is 3.85. The van der Waals surface area contributed by atoms with Crippen LogP contribution in [-0.4, -0.2) is 20.8 Å². The minimum atomic E-state index is 0.508. The lowest BCUT2D eigenvalue weighted by molar-refractivity contribution is 1.03. The Morgan fingerprint density at radius 1 is 1.20 bits per heavy atom. The van der Waals surface area contributed by atoms with Gasteiger partial charge in [0.05, 0.1) is 23.9 Å². The molecule has 4 nitrogen and oxygen atoms in total. The van der Waals surface area contributed by atoms with Gasteiger partial charge in [-0.05, 0) is 30.5 Å². The number of imidazole rings is 1. The van der Waals surface area contributed by atoms with Crippen molar-refractivity contribution in [3.05, 3.63) is 55.1 Å². The highest BCUT2D eigenvalue weighted by atomic mass is 32.2. The van der Waals surface area contributed by atoms with Crippen molar-refractivity contribution >= 4 is 17.6 Å². The standard InChI is InChI=1S/C15H14N4S/c1-20-14-5-3-2-4-12(14)19-10-17-9-13(19)11-6-7-18-15(16)8-11/h2-10H,1H3,(H2,16,18). The second kappa shape index (κ2) is 5.38. The minimum Gasteiger partial charge on any atom is -0.384 e. The molecule has 2 N–H and O–H groups in total. The molecule has 0 fully saturated rings. The molecule has 0 bridgehead atoms. The molecule has 3 rings (SSSR count). The van der Waals surface area contributed by atoms with Gasteiger partial charge in [0, 0.05) is 16.7 Å². The van der Waals surface area contributed by atoms with Crippen LogP contribution in [0.15, 0.2) is 60.0 Å². The zero-order chi connectivity index (χ0) is 13.9. The van der Waals surface area contributed by atoms with Crippen molar-refractivity contribution in [1.29, 1.82) is 0 Å². The maximum atomic E-state index is 5.76. The van der Waals surface area contributed by atoms with Gasteiger partial charge in [-0.3, -0.25) is 4.57 Å². The van der Waals surface area contributed by atoms with Crippen molar-refractivity contribution in [3.8, 4) is 16.9 Å². The van der Waals surface area contributed by atoms with Crippen molar-refractivity contribution in [2.24, 2.45) is 0 Å². The number of anilines is 1. The molecule has 0 unspecified atom stereocenters. The molecule has 2 aromatic heterocycles. The van der Waals surface area contributed by atoms with E-state index < -0.39 is 0 Å². The lowest BCUT2D eigenvalue weighted by Crippen LogP contribution is -1.98. The Bertz CT molecular complexity index is 736. The van der Waals surface area contributed by atoms with Gasteiger partial charge in [0.2, 0.25) is 0 Å². The van der Waals surface area contributed by atoms with Gasteiger partial charge in [0.1, 0.15) is 5.82 Å². The largest absolute Gasteiger partial charge is 0.384 e. The third kappa shape index (κ3) is 2.28. The molecule has 0 amide bonds. The summed E-state index contributed by atoms with van der Waals surface area (Å²) >= 11 is 1.72. The van der Waals surface area contributed by atoms with Crippen molar-refractivity contribution < 1.29 is 0 Å². The average molecular weight is 282 g/mol. The van der Waals surface area contributed by atoms with E-state index in [-0.39, 0.29) is 0 Å². The molecule has 0 saturated carbocycles. The lowest BCUT2D eigenvalue weighted by Gasteiger charge is -2.12. The second-order valence-electron chi connectivity index (χ2n) is 4.29. The molecule has 0 radical (unpaired) electrons. The van der Waals surface area contributed by atoms with Crippen LogP contribution in [0.5, 0.6) is 0 Å². The molecule has 20 heavy (non-hydrogen) atoms. The summed E-state index contributed by atoms with van der Waals surface area (Å²) in [6.07, 6.45) is 7.44. The van der Waals surface area contributed by atoms with Crippen LogP contribution >= 0.6 is 11.8 Å². The zero-order valence-corrected chi connectivity index (χ0v) is 11.8. The van der Waals surface area contributed by atoms with Crippen LogP contribution in [0.4, 0.5) is 5.82 Å². The zero-order valence-electron chi connectivity index (χ0n) is 11.0. The average Bonchev–Trinajstić information content (AvgIpc) is 2.96. The number of para-hydroxylation sites is 1. The molecular weight excluding hydrogens is 268 g/mol. The van der Waals surface area contributed by atoms with Crippen LogP contribution in [0, 0.1) is 0 Å². The van der Waals surface area contributed by atoms with Gasteiger partial charge in [0.25, 0.3) is 0 Å². The van der Waals surface area contributed by atoms with E-state index >= 15 is 0 Å². The summed E-state index contributed by atoms with van der Waals surface area (Å²) < 4.78 is 2.07. The van der Waals surface area contributed by atoms with Gasteiger partial charge in [0.15, 0.2) is 0 Å². The number of nitrogens with two attached hydrogens (primary N) is 1. The Kier molecular flexibility index (Phi) is 3.43. The summed E-state index contributed by atoms with van der Waals surface area (Å²) in [6.45, 7) is 0. The Balaban J connectivity index is 2.15. The van der Waals surface area contributed by atoms with E-state index in [1.165, 1.54) is 4.90 Å². The maximum Gasteiger partial charge on any atom is 0.123 e. The van der Waals surface area contributed by atoms with Crippen LogP contribution in [0.1, 0.15) is 0 Å². The summed E-state index contributed by atoms with van der Waals surface area (Å²) in [5.74, 6) is 0.508. The van der Waals surface area contributed by atoms with Gasteiger partial charge in [-0.2, -0.15) is 0 Å². The number of aromatic nitrogens is 3. The van der Waals surface area contributed by atoms with Gasteiger partial charge >= 0.3 is 0 Å². The van der Waals surface area contributed by atoms with E-state index in [1.54, 1.807) is 18.0 Å². The number of hydrogen-bond donors (Lipinski definition) is 1. The molecule has 100 valence electrons. The first-order valence-electron chi connectivity index (χ1n) is 6.17. The first kappa shape index (κ1) is 12.7. The Hall–Kier alpha value is -2.27. The molecule has 0 aliphatic heterocycles. The van der Waals surface area contributed by atoms with Crippen molar-refractivity contribution in [2.45, 2.75) is 4.90 Å². The first-order chi connectivity index (χ1) is 9.79. The van der Waals surface area contributed by atoms with E-state index in [0.29, 0.717) is 5.82 Å². The van der Waals surface area contributed by atoms with E-state index in [1.807, 2.05) is 36.8 Å². The van der Waals surface area contributed by atoms with Crippen molar-refractivity contribution in [1.82, 2.24) is 14.5 Å². The van der Waals surface area contributed by atoms with E-state index in [0.717, 1.165) is 16.9 Å². The predicted octanol–water partition coefficient (Wildman–Crippen LogP) is 3.24. The third-order valence-electron chi connectivity index (χ3n) is 3.06. The Morgan fingerprint density at radius 3 is 2.85 bits per heavy atom. The predicted molar refractivity (Wildman–Crippen MR) is 83.0 cm³/mol. The molecular formula is C15H14N4S. The lowest BCUT2D eigenvalue weighted by atomic mass is 10.2. The minimum absolute atomic E-state index is 0.508. The van der Waals surface area contributed by atoms with E-state index in [9.17, 15) is 0 Å². The molecule has 0 aliphatic carbocycles. The molecule has 2 heterocycles. The Morgan fingerprint density at radius 2 is 2.05 bits per heavy atom. The fourth-order valence-electron chi connectivity index (χ4n) is 2.14. The van der Waals surface area contributed by atoms with Crippen LogP contribution in [-0.2, 0) is 0 Å².